The monoisotopic (exact) mass is 277 g/mol. The van der Waals surface area contributed by atoms with Crippen LogP contribution in [0.2, 0.25) is 0 Å². The van der Waals surface area contributed by atoms with Gasteiger partial charge in [-0.15, -0.1) is 11.3 Å². The van der Waals surface area contributed by atoms with Crippen LogP contribution in [-0.2, 0) is 0 Å². The van der Waals surface area contributed by atoms with Gasteiger partial charge in [0.15, 0.2) is 0 Å². The van der Waals surface area contributed by atoms with Crippen LogP contribution in [0.15, 0.2) is 5.38 Å². The maximum atomic E-state index is 9.11. The van der Waals surface area contributed by atoms with E-state index in [4.69, 9.17) is 5.11 Å². The molecule has 0 spiro atoms. The quantitative estimate of drug-likeness (QED) is 0.882. The molecule has 2 aromatic heterocycles. The molecule has 0 aromatic carbocycles. The molecule has 2 N–H and O–H groups in total. The molecule has 0 unspecified atom stereocenters. The smallest absolute Gasteiger partial charge is 0.138 e. The fraction of sp³-hybridized carbons (Fsp3) is 0.571. The van der Waals surface area contributed by atoms with Gasteiger partial charge in [0, 0.05) is 13.2 Å². The van der Waals surface area contributed by atoms with Crippen molar-refractivity contribution in [2.24, 2.45) is 5.41 Å². The zero-order chi connectivity index (χ0) is 13.5. The lowest BCUT2D eigenvalue weighted by Crippen LogP contribution is -2.18. The lowest BCUT2D eigenvalue weighted by molar-refractivity contribution is 0.253. The molecule has 102 valence electrons. The number of aryl methyl sites for hydroxylation is 2. The van der Waals surface area contributed by atoms with Crippen molar-refractivity contribution in [1.82, 2.24) is 9.97 Å². The normalized spacial score (nSPS) is 16.8. The highest BCUT2D eigenvalue weighted by Gasteiger charge is 2.41. The Morgan fingerprint density at radius 2 is 2.16 bits per heavy atom. The molecule has 1 fully saturated rings. The molecule has 1 aliphatic carbocycles. The number of nitrogens with zero attached hydrogens (tertiary/aromatic N) is 2. The second-order valence-corrected chi connectivity index (χ2v) is 6.40. The summed E-state index contributed by atoms with van der Waals surface area (Å²) < 4.78 is 0. The number of hydrogen-bond acceptors (Lipinski definition) is 5. The highest BCUT2D eigenvalue weighted by molar-refractivity contribution is 7.17. The van der Waals surface area contributed by atoms with E-state index in [0.717, 1.165) is 34.8 Å². The molecule has 2 aromatic rings. The summed E-state index contributed by atoms with van der Waals surface area (Å²) in [6, 6.07) is 0. The van der Waals surface area contributed by atoms with Crippen molar-refractivity contribution in [2.45, 2.75) is 33.1 Å². The molecule has 0 amide bonds. The molecule has 5 heteroatoms. The largest absolute Gasteiger partial charge is 0.396 e. The summed E-state index contributed by atoms with van der Waals surface area (Å²) in [5.41, 5.74) is 1.53. The van der Waals surface area contributed by atoms with Gasteiger partial charge in [-0.25, -0.2) is 9.97 Å². The minimum Gasteiger partial charge on any atom is -0.396 e. The van der Waals surface area contributed by atoms with Gasteiger partial charge in [0.2, 0.25) is 0 Å². The van der Waals surface area contributed by atoms with Gasteiger partial charge in [-0.1, -0.05) is 0 Å². The highest BCUT2D eigenvalue weighted by Crippen LogP contribution is 2.48. The molecule has 2 heterocycles. The number of rotatable bonds is 5. The Morgan fingerprint density at radius 1 is 1.37 bits per heavy atom. The van der Waals surface area contributed by atoms with Gasteiger partial charge in [0.25, 0.3) is 0 Å². The molecule has 4 nitrogen and oxygen atoms in total. The van der Waals surface area contributed by atoms with Crippen molar-refractivity contribution in [1.29, 1.82) is 0 Å². The second-order valence-electron chi connectivity index (χ2n) is 5.55. The van der Waals surface area contributed by atoms with Crippen molar-refractivity contribution >= 4 is 27.4 Å². The van der Waals surface area contributed by atoms with Gasteiger partial charge in [0.05, 0.1) is 5.39 Å². The van der Waals surface area contributed by atoms with Crippen LogP contribution in [0.4, 0.5) is 5.82 Å². The Morgan fingerprint density at radius 3 is 2.84 bits per heavy atom. The van der Waals surface area contributed by atoms with Crippen LogP contribution < -0.4 is 5.32 Å². The van der Waals surface area contributed by atoms with Crippen LogP contribution in [0.3, 0.4) is 0 Å². The van der Waals surface area contributed by atoms with Crippen molar-refractivity contribution < 1.29 is 5.11 Å². The maximum Gasteiger partial charge on any atom is 0.138 e. The first-order valence-electron chi connectivity index (χ1n) is 6.71. The fourth-order valence-electron chi connectivity index (χ4n) is 2.52. The summed E-state index contributed by atoms with van der Waals surface area (Å²) in [6.45, 7) is 5.20. The zero-order valence-corrected chi connectivity index (χ0v) is 12.2. The van der Waals surface area contributed by atoms with Crippen LogP contribution in [-0.4, -0.2) is 28.2 Å². The van der Waals surface area contributed by atoms with Gasteiger partial charge >= 0.3 is 0 Å². The standard InChI is InChI=1S/C14H19N3OS/c1-9-7-19-13-11(9)12(16-10(2)17-13)15-8-14(3-4-14)5-6-18/h7,18H,3-6,8H2,1-2H3,(H,15,16,17). The summed E-state index contributed by atoms with van der Waals surface area (Å²) in [4.78, 5) is 10.1. The van der Waals surface area contributed by atoms with E-state index in [0.29, 0.717) is 5.41 Å². The molecule has 0 aliphatic heterocycles. The van der Waals surface area contributed by atoms with E-state index in [1.54, 1.807) is 11.3 Å². The molecular formula is C14H19N3OS. The molecule has 3 rings (SSSR count). The minimum absolute atomic E-state index is 0.275. The third-order valence-electron chi connectivity index (χ3n) is 3.96. The molecule has 19 heavy (non-hydrogen) atoms. The average molecular weight is 277 g/mol. The number of anilines is 1. The Kier molecular flexibility index (Phi) is 3.19. The van der Waals surface area contributed by atoms with Crippen LogP contribution >= 0.6 is 11.3 Å². The lowest BCUT2D eigenvalue weighted by atomic mass is 10.0. The van der Waals surface area contributed by atoms with Gasteiger partial charge in [-0.2, -0.15) is 0 Å². The molecular weight excluding hydrogens is 258 g/mol. The summed E-state index contributed by atoms with van der Waals surface area (Å²) >= 11 is 1.67. The number of hydrogen-bond donors (Lipinski definition) is 2. The average Bonchev–Trinajstić information content (AvgIpc) is 3.04. The first kappa shape index (κ1) is 12.8. The number of aromatic nitrogens is 2. The van der Waals surface area contributed by atoms with E-state index in [9.17, 15) is 0 Å². The third-order valence-corrected chi connectivity index (χ3v) is 4.95. The van der Waals surface area contributed by atoms with Crippen molar-refractivity contribution in [3.63, 3.8) is 0 Å². The topological polar surface area (TPSA) is 58.0 Å². The van der Waals surface area contributed by atoms with Gasteiger partial charge in [0.1, 0.15) is 16.5 Å². The maximum absolute atomic E-state index is 9.11. The highest BCUT2D eigenvalue weighted by atomic mass is 32.1. The van der Waals surface area contributed by atoms with Gasteiger partial charge in [-0.05, 0) is 49.5 Å². The fourth-order valence-corrected chi connectivity index (χ4v) is 3.49. The minimum atomic E-state index is 0.275. The summed E-state index contributed by atoms with van der Waals surface area (Å²) in [5.74, 6) is 1.76. The number of aliphatic hydroxyl groups excluding tert-OH is 1. The van der Waals surface area contributed by atoms with Crippen molar-refractivity contribution in [2.75, 3.05) is 18.5 Å². The predicted octanol–water partition coefficient (Wildman–Crippen LogP) is 2.88. The first-order chi connectivity index (χ1) is 9.13. The van der Waals surface area contributed by atoms with Crippen LogP contribution in [0.5, 0.6) is 0 Å². The predicted molar refractivity (Wildman–Crippen MR) is 78.7 cm³/mol. The molecule has 1 saturated carbocycles. The SMILES string of the molecule is Cc1nc(NCC2(CCO)CC2)c2c(C)csc2n1. The van der Waals surface area contributed by atoms with Crippen LogP contribution in [0, 0.1) is 19.3 Å². The molecule has 0 bridgehead atoms. The van der Waals surface area contributed by atoms with Crippen molar-refractivity contribution in [3.05, 3.63) is 16.8 Å². The van der Waals surface area contributed by atoms with Crippen LogP contribution in [0.1, 0.15) is 30.7 Å². The summed E-state index contributed by atoms with van der Waals surface area (Å²) in [6.07, 6.45) is 3.29. The van der Waals surface area contributed by atoms with E-state index in [1.165, 1.54) is 18.4 Å². The van der Waals surface area contributed by atoms with Gasteiger partial charge in [-0.3, -0.25) is 0 Å². The Balaban J connectivity index is 1.86. The molecule has 0 radical (unpaired) electrons. The second kappa shape index (κ2) is 4.72. The van der Waals surface area contributed by atoms with E-state index in [-0.39, 0.29) is 6.61 Å². The Labute approximate surface area is 116 Å². The van der Waals surface area contributed by atoms with Gasteiger partial charge < -0.3 is 10.4 Å². The summed E-state index contributed by atoms with van der Waals surface area (Å²) in [7, 11) is 0. The Bertz CT molecular complexity index is 604. The van der Waals surface area contributed by atoms with Crippen molar-refractivity contribution in [3.8, 4) is 0 Å². The first-order valence-corrected chi connectivity index (χ1v) is 7.59. The van der Waals surface area contributed by atoms with E-state index in [2.05, 4.69) is 27.6 Å². The number of aliphatic hydroxyl groups is 1. The molecule has 1 aliphatic rings. The Hall–Kier alpha value is -1.20. The third kappa shape index (κ3) is 2.44. The zero-order valence-electron chi connectivity index (χ0n) is 11.4. The lowest BCUT2D eigenvalue weighted by Gasteiger charge is -2.16. The van der Waals surface area contributed by atoms with E-state index in [1.807, 2.05) is 6.92 Å². The number of nitrogens with one attached hydrogen (secondary N) is 1. The molecule has 0 saturated heterocycles. The number of thiophene rings is 1. The van der Waals surface area contributed by atoms with E-state index >= 15 is 0 Å². The summed E-state index contributed by atoms with van der Waals surface area (Å²) in [5, 5.41) is 15.9. The number of fused-ring (bicyclic) bond motifs is 1. The van der Waals surface area contributed by atoms with Crippen LogP contribution in [0.25, 0.3) is 10.2 Å². The molecule has 0 atom stereocenters. The van der Waals surface area contributed by atoms with E-state index < -0.39 is 0 Å².